The van der Waals surface area contributed by atoms with Crippen molar-refractivity contribution in [2.75, 3.05) is 0 Å². The van der Waals surface area contributed by atoms with Gasteiger partial charge in [-0.25, -0.2) is 4.57 Å². The molecule has 0 saturated heterocycles. The highest BCUT2D eigenvalue weighted by Crippen LogP contribution is 2.50. The molecule has 5 heteroatoms. The summed E-state index contributed by atoms with van der Waals surface area (Å²) >= 11 is 0. The standard InChI is InChI=1S/C40H41NO2Si2/c1-20(2)23-12-11-13-24(21(3)4)38(23)41-39(42)36-27-18-29(44(5,6)7)25-16-14-22-15-17-26-30(45(8,9)10)19-28(37(36)40(41)43)35-33(26)31(22)32(25)34(27)35/h11-21H,1-10H3. The molecule has 0 atom stereocenters. The number of hydrogen-bond donors (Lipinski definition) is 0. The van der Waals surface area contributed by atoms with Crippen molar-refractivity contribution in [1.29, 1.82) is 0 Å². The van der Waals surface area contributed by atoms with Crippen molar-refractivity contribution in [2.24, 2.45) is 0 Å². The molecule has 3 nitrogen and oxygen atoms in total. The summed E-state index contributed by atoms with van der Waals surface area (Å²) in [5.41, 5.74) is 2.52. The summed E-state index contributed by atoms with van der Waals surface area (Å²) in [6.45, 7) is 22.9. The van der Waals surface area contributed by atoms with Gasteiger partial charge in [0.1, 0.15) is 0 Å². The number of hydrogen-bond acceptors (Lipinski definition) is 2. The molecule has 226 valence electrons. The van der Waals surface area contributed by atoms with Crippen LogP contribution in [0.3, 0.4) is 0 Å². The van der Waals surface area contributed by atoms with Gasteiger partial charge in [0.15, 0.2) is 0 Å². The quantitative estimate of drug-likeness (QED) is 0.142. The van der Waals surface area contributed by atoms with E-state index in [4.69, 9.17) is 0 Å². The zero-order chi connectivity index (χ0) is 32.1. The minimum atomic E-state index is -1.86. The molecule has 0 bridgehead atoms. The van der Waals surface area contributed by atoms with Crippen LogP contribution in [0.15, 0.2) is 64.2 Å². The van der Waals surface area contributed by atoms with Gasteiger partial charge in [-0.3, -0.25) is 9.59 Å². The number of para-hydroxylation sites is 1. The van der Waals surface area contributed by atoms with Crippen LogP contribution in [0, 0.1) is 0 Å². The molecule has 0 radical (unpaired) electrons. The zero-order valence-electron chi connectivity index (χ0n) is 28.1. The Labute approximate surface area is 265 Å². The van der Waals surface area contributed by atoms with E-state index in [9.17, 15) is 0 Å². The van der Waals surface area contributed by atoms with Crippen LogP contribution in [-0.2, 0) is 0 Å². The first-order chi connectivity index (χ1) is 21.1. The highest BCUT2D eigenvalue weighted by molar-refractivity contribution is 6.91. The number of rotatable bonds is 5. The van der Waals surface area contributed by atoms with Crippen molar-refractivity contribution in [1.82, 2.24) is 4.57 Å². The van der Waals surface area contributed by atoms with E-state index in [0.717, 1.165) is 27.6 Å². The Morgan fingerprint density at radius 3 is 1.29 bits per heavy atom. The molecule has 0 spiro atoms. The minimum Gasteiger partial charge on any atom is -0.268 e. The lowest BCUT2D eigenvalue weighted by molar-refractivity contribution is 0.796. The summed E-state index contributed by atoms with van der Waals surface area (Å²) in [6.07, 6.45) is 0. The van der Waals surface area contributed by atoms with Crippen molar-refractivity contribution >= 4 is 91.2 Å². The number of fused-ring (bicyclic) bond motifs is 3. The molecule has 0 aliphatic heterocycles. The number of aromatic nitrogens is 1. The zero-order valence-corrected chi connectivity index (χ0v) is 30.1. The molecule has 1 heterocycles. The average Bonchev–Trinajstić information content (AvgIpc) is 3.45. The molecule has 8 aromatic rings. The molecule has 0 amide bonds. The van der Waals surface area contributed by atoms with Gasteiger partial charge in [0.05, 0.1) is 32.6 Å². The van der Waals surface area contributed by atoms with E-state index >= 15 is 9.59 Å². The maximum Gasteiger partial charge on any atom is 0.266 e. The van der Waals surface area contributed by atoms with Gasteiger partial charge in [0.2, 0.25) is 0 Å². The van der Waals surface area contributed by atoms with E-state index in [2.05, 4.69) is 122 Å². The fourth-order valence-electron chi connectivity index (χ4n) is 8.40. The van der Waals surface area contributed by atoms with Crippen LogP contribution in [-0.4, -0.2) is 20.7 Å². The summed E-state index contributed by atoms with van der Waals surface area (Å²) < 4.78 is 1.55. The van der Waals surface area contributed by atoms with Gasteiger partial charge >= 0.3 is 0 Å². The Bertz CT molecular complexity index is 2430. The molecule has 0 N–H and O–H groups in total. The summed E-state index contributed by atoms with van der Waals surface area (Å²) in [4.78, 5) is 30.1. The number of benzene rings is 6. The van der Waals surface area contributed by atoms with E-state index in [1.165, 1.54) is 53.5 Å². The lowest BCUT2D eigenvalue weighted by atomic mass is 9.92. The van der Waals surface area contributed by atoms with E-state index in [1.54, 1.807) is 4.57 Å². The smallest absolute Gasteiger partial charge is 0.266 e. The summed E-state index contributed by atoms with van der Waals surface area (Å²) in [5, 5.41) is 15.9. The Morgan fingerprint density at radius 1 is 0.511 bits per heavy atom. The van der Waals surface area contributed by atoms with Gasteiger partial charge in [-0.1, -0.05) is 132 Å². The Hall–Kier alpha value is -3.81. The minimum absolute atomic E-state index is 0.163. The first-order valence-electron chi connectivity index (χ1n) is 16.4. The third kappa shape index (κ3) is 3.57. The molecule has 0 unspecified atom stereocenters. The van der Waals surface area contributed by atoms with Crippen LogP contribution in [0.5, 0.6) is 0 Å². The molecule has 1 aromatic heterocycles. The van der Waals surface area contributed by atoms with Gasteiger partial charge in [-0.2, -0.15) is 0 Å². The topological polar surface area (TPSA) is 39.1 Å². The van der Waals surface area contributed by atoms with E-state index in [0.29, 0.717) is 10.8 Å². The van der Waals surface area contributed by atoms with Gasteiger partial charge in [-0.15, -0.1) is 0 Å². The number of nitrogens with zero attached hydrogens (tertiary/aromatic N) is 1. The fourth-order valence-corrected chi connectivity index (χ4v) is 11.6. The van der Waals surface area contributed by atoms with E-state index in [1.807, 2.05) is 0 Å². The van der Waals surface area contributed by atoms with Crippen molar-refractivity contribution in [3.63, 3.8) is 0 Å². The molecule has 45 heavy (non-hydrogen) atoms. The van der Waals surface area contributed by atoms with Gasteiger partial charge in [0.25, 0.3) is 11.1 Å². The Balaban J connectivity index is 1.74. The van der Waals surface area contributed by atoms with Gasteiger partial charge in [-0.05, 0) is 76.8 Å². The molecule has 8 rings (SSSR count). The molecule has 0 aliphatic rings. The van der Waals surface area contributed by atoms with E-state index in [-0.39, 0.29) is 23.0 Å². The molecule has 0 fully saturated rings. The van der Waals surface area contributed by atoms with Crippen molar-refractivity contribution in [2.45, 2.75) is 78.8 Å². The highest BCUT2D eigenvalue weighted by atomic mass is 28.3. The molecule has 7 aromatic carbocycles. The predicted molar refractivity (Wildman–Crippen MR) is 202 cm³/mol. The summed E-state index contributed by atoms with van der Waals surface area (Å²) in [7, 11) is -3.71. The van der Waals surface area contributed by atoms with Crippen molar-refractivity contribution in [3.8, 4) is 5.69 Å². The van der Waals surface area contributed by atoms with Gasteiger partial charge < -0.3 is 0 Å². The van der Waals surface area contributed by atoms with Crippen LogP contribution in [0.2, 0.25) is 39.3 Å². The van der Waals surface area contributed by atoms with Crippen molar-refractivity contribution in [3.05, 3.63) is 86.4 Å². The van der Waals surface area contributed by atoms with Crippen LogP contribution in [0.4, 0.5) is 0 Å². The lowest BCUT2D eigenvalue weighted by Crippen LogP contribution is -2.38. The maximum atomic E-state index is 15.1. The van der Waals surface area contributed by atoms with E-state index < -0.39 is 16.1 Å². The average molecular weight is 624 g/mol. The molecular weight excluding hydrogens is 583 g/mol. The second-order valence-corrected chi connectivity index (χ2v) is 26.1. The second kappa shape index (κ2) is 8.92. The highest BCUT2D eigenvalue weighted by Gasteiger charge is 2.33. The first-order valence-corrected chi connectivity index (χ1v) is 23.4. The second-order valence-electron chi connectivity index (χ2n) is 16.1. The lowest BCUT2D eigenvalue weighted by Gasteiger charge is -2.21. The van der Waals surface area contributed by atoms with Crippen LogP contribution in [0.1, 0.15) is 50.7 Å². The Kier molecular flexibility index (Phi) is 5.68. The van der Waals surface area contributed by atoms with Crippen molar-refractivity contribution < 1.29 is 0 Å². The monoisotopic (exact) mass is 623 g/mol. The van der Waals surface area contributed by atoms with Crippen LogP contribution in [0.25, 0.3) is 70.3 Å². The van der Waals surface area contributed by atoms with Crippen LogP contribution >= 0.6 is 0 Å². The molecule has 0 aliphatic carbocycles. The largest absolute Gasteiger partial charge is 0.268 e. The third-order valence-corrected chi connectivity index (χ3v) is 14.5. The first kappa shape index (κ1) is 28.7. The fraction of sp³-hybridized carbons (Fsp3) is 0.300. The van der Waals surface area contributed by atoms with Gasteiger partial charge in [0, 0.05) is 0 Å². The Morgan fingerprint density at radius 2 is 0.911 bits per heavy atom. The summed E-state index contributed by atoms with van der Waals surface area (Å²) in [5.74, 6) is 0.326. The molecule has 0 saturated carbocycles. The third-order valence-electron chi connectivity index (χ3n) is 10.4. The molecular formula is C40H41NO2Si2. The normalized spacial score (nSPS) is 13.7. The maximum absolute atomic E-state index is 15.1. The SMILES string of the molecule is CC(C)c1cccc(C(C)C)c1-n1c(=O)c2c3cc([Si](C)(C)C)c4ccc5ccc6c([Si](C)(C)C)cc(c2c1=O)c1c6c5c4c31. The van der Waals surface area contributed by atoms with Crippen LogP contribution < -0.4 is 21.5 Å². The summed E-state index contributed by atoms with van der Waals surface area (Å²) in [6, 6.07) is 20.1. The predicted octanol–water partition coefficient (Wildman–Crippen LogP) is 9.21.